The quantitative estimate of drug-likeness (QED) is 0.609. The molecule has 1 atom stereocenters. The van der Waals surface area contributed by atoms with Gasteiger partial charge >= 0.3 is 0 Å². The molecule has 8 heteroatoms. The van der Waals surface area contributed by atoms with Crippen LogP contribution in [0.25, 0.3) is 11.3 Å². The summed E-state index contributed by atoms with van der Waals surface area (Å²) in [5.74, 6) is 0.911. The lowest BCUT2D eigenvalue weighted by Gasteiger charge is -2.21. The van der Waals surface area contributed by atoms with E-state index in [4.69, 9.17) is 15.2 Å². The Morgan fingerprint density at radius 3 is 2.62 bits per heavy atom. The molecular formula is C21H30N6O2. The summed E-state index contributed by atoms with van der Waals surface area (Å²) in [6.45, 7) is 4.95. The molecule has 0 radical (unpaired) electrons. The second kappa shape index (κ2) is 10.3. The third-order valence-electron chi connectivity index (χ3n) is 5.51. The summed E-state index contributed by atoms with van der Waals surface area (Å²) in [6.07, 6.45) is 10.5. The maximum atomic E-state index is 9.31. The van der Waals surface area contributed by atoms with Gasteiger partial charge in [-0.1, -0.05) is 12.8 Å². The van der Waals surface area contributed by atoms with Crippen LogP contribution in [-0.4, -0.2) is 39.3 Å². The van der Waals surface area contributed by atoms with Gasteiger partial charge in [0.15, 0.2) is 6.29 Å². The number of hydrogen-bond donors (Lipinski definition) is 1. The van der Waals surface area contributed by atoms with Crippen molar-refractivity contribution in [2.75, 3.05) is 18.9 Å². The van der Waals surface area contributed by atoms with Crippen molar-refractivity contribution in [3.05, 3.63) is 24.3 Å². The molecule has 29 heavy (non-hydrogen) atoms. The number of rotatable bonds is 10. The summed E-state index contributed by atoms with van der Waals surface area (Å²) >= 11 is 0. The van der Waals surface area contributed by atoms with Gasteiger partial charge in [0.25, 0.3) is 0 Å². The smallest absolute Gasteiger partial charge is 0.161 e. The van der Waals surface area contributed by atoms with Gasteiger partial charge < -0.3 is 15.2 Å². The number of hydrogen-bond acceptors (Lipinski definition) is 7. The summed E-state index contributed by atoms with van der Waals surface area (Å²) in [5, 5.41) is 13.9. The van der Waals surface area contributed by atoms with Gasteiger partial charge in [-0.05, 0) is 32.6 Å². The molecule has 1 saturated carbocycles. The first kappa shape index (κ1) is 21.2. The standard InChI is InChI=1S/C21H30N6O2/c1-3-28-19(29-4-2)11-17-20(24-14-25-21(17)23)16-12-26-27(13-16)18(9-10-22)15-7-5-6-8-15/h12-15,18-19H,3-9,11H2,1-2H3,(H2,23,24,25)/t18-/m1/s1. The van der Waals surface area contributed by atoms with E-state index in [1.54, 1.807) is 6.20 Å². The summed E-state index contributed by atoms with van der Waals surface area (Å²) in [7, 11) is 0. The van der Waals surface area contributed by atoms with E-state index in [0.717, 1.165) is 29.7 Å². The monoisotopic (exact) mass is 398 g/mol. The topological polar surface area (TPSA) is 112 Å². The Balaban J connectivity index is 1.89. The molecule has 0 aliphatic heterocycles. The highest BCUT2D eigenvalue weighted by atomic mass is 16.7. The third kappa shape index (κ3) is 5.11. The largest absolute Gasteiger partial charge is 0.383 e. The minimum absolute atomic E-state index is 0.0958. The predicted molar refractivity (Wildman–Crippen MR) is 110 cm³/mol. The average molecular weight is 399 g/mol. The molecule has 2 aromatic heterocycles. The van der Waals surface area contributed by atoms with E-state index in [2.05, 4.69) is 21.1 Å². The fraction of sp³-hybridized carbons (Fsp3) is 0.619. The molecule has 156 valence electrons. The van der Waals surface area contributed by atoms with Crippen LogP contribution in [0.3, 0.4) is 0 Å². The van der Waals surface area contributed by atoms with Crippen LogP contribution >= 0.6 is 0 Å². The summed E-state index contributed by atoms with van der Waals surface area (Å²) in [4.78, 5) is 8.64. The van der Waals surface area contributed by atoms with E-state index in [1.807, 2.05) is 24.7 Å². The van der Waals surface area contributed by atoms with E-state index < -0.39 is 6.29 Å². The van der Waals surface area contributed by atoms with Gasteiger partial charge in [0.1, 0.15) is 12.1 Å². The minimum atomic E-state index is -0.406. The van der Waals surface area contributed by atoms with E-state index >= 15 is 0 Å². The van der Waals surface area contributed by atoms with Crippen molar-refractivity contribution in [2.24, 2.45) is 5.92 Å². The van der Waals surface area contributed by atoms with Gasteiger partial charge in [-0.3, -0.25) is 4.68 Å². The van der Waals surface area contributed by atoms with Crippen molar-refractivity contribution in [3.8, 4) is 17.3 Å². The van der Waals surface area contributed by atoms with Crippen molar-refractivity contribution >= 4 is 5.82 Å². The van der Waals surface area contributed by atoms with E-state index in [0.29, 0.717) is 37.8 Å². The molecule has 1 fully saturated rings. The summed E-state index contributed by atoms with van der Waals surface area (Å²) in [6, 6.07) is 2.42. The summed E-state index contributed by atoms with van der Waals surface area (Å²) in [5.41, 5.74) is 8.56. The molecule has 0 bridgehead atoms. The Hall–Kier alpha value is -2.50. The predicted octanol–water partition coefficient (Wildman–Crippen LogP) is 3.51. The number of nitrogen functional groups attached to an aromatic ring is 1. The first-order chi connectivity index (χ1) is 14.2. The third-order valence-corrected chi connectivity index (χ3v) is 5.51. The molecule has 8 nitrogen and oxygen atoms in total. The van der Waals surface area contributed by atoms with Crippen LogP contribution < -0.4 is 5.73 Å². The molecule has 0 spiro atoms. The molecule has 1 aliphatic rings. The molecule has 0 amide bonds. The van der Waals surface area contributed by atoms with Crippen LogP contribution in [0, 0.1) is 17.2 Å². The fourth-order valence-electron chi connectivity index (χ4n) is 4.13. The van der Waals surface area contributed by atoms with E-state index in [-0.39, 0.29) is 6.04 Å². The van der Waals surface area contributed by atoms with Crippen LogP contribution in [0.2, 0.25) is 0 Å². The van der Waals surface area contributed by atoms with Gasteiger partial charge in [-0.2, -0.15) is 10.4 Å². The molecule has 2 heterocycles. The molecule has 2 N–H and O–H groups in total. The molecule has 2 aromatic rings. The zero-order valence-electron chi connectivity index (χ0n) is 17.3. The zero-order valence-corrected chi connectivity index (χ0v) is 17.3. The Morgan fingerprint density at radius 2 is 1.97 bits per heavy atom. The second-order valence-electron chi connectivity index (χ2n) is 7.31. The molecule has 0 aromatic carbocycles. The van der Waals surface area contributed by atoms with Crippen molar-refractivity contribution in [1.82, 2.24) is 19.7 Å². The summed E-state index contributed by atoms with van der Waals surface area (Å²) < 4.78 is 13.3. The van der Waals surface area contributed by atoms with Crippen LogP contribution in [0.15, 0.2) is 18.7 Å². The average Bonchev–Trinajstić information content (AvgIpc) is 3.40. The van der Waals surface area contributed by atoms with Crippen molar-refractivity contribution in [2.45, 2.75) is 64.7 Å². The first-order valence-electron chi connectivity index (χ1n) is 10.4. The SMILES string of the molecule is CCOC(Cc1c(N)ncnc1-c1cnn([C@H](CC#N)C2CCCC2)c1)OCC. The Morgan fingerprint density at radius 1 is 1.24 bits per heavy atom. The molecule has 3 rings (SSSR count). The Kier molecular flexibility index (Phi) is 7.55. The second-order valence-corrected chi connectivity index (χ2v) is 7.31. The fourth-order valence-corrected chi connectivity index (χ4v) is 4.13. The van der Waals surface area contributed by atoms with E-state index in [9.17, 15) is 5.26 Å². The van der Waals surface area contributed by atoms with Crippen LogP contribution in [0.4, 0.5) is 5.82 Å². The van der Waals surface area contributed by atoms with E-state index in [1.165, 1.54) is 19.2 Å². The van der Waals surface area contributed by atoms with Gasteiger partial charge in [0.05, 0.1) is 30.4 Å². The van der Waals surface area contributed by atoms with Gasteiger partial charge in [-0.25, -0.2) is 9.97 Å². The van der Waals surface area contributed by atoms with Gasteiger partial charge in [-0.15, -0.1) is 0 Å². The van der Waals surface area contributed by atoms with Gasteiger partial charge in [0, 0.05) is 37.0 Å². The maximum Gasteiger partial charge on any atom is 0.161 e. The number of nitriles is 1. The lowest BCUT2D eigenvalue weighted by Crippen LogP contribution is -2.21. The highest BCUT2D eigenvalue weighted by Gasteiger charge is 2.27. The normalized spacial score (nSPS) is 15.7. The number of nitrogens with two attached hydrogens (primary N) is 1. The van der Waals surface area contributed by atoms with Crippen molar-refractivity contribution in [3.63, 3.8) is 0 Å². The zero-order chi connectivity index (χ0) is 20.6. The highest BCUT2D eigenvalue weighted by Crippen LogP contribution is 2.36. The number of anilines is 1. The van der Waals surface area contributed by atoms with Crippen LogP contribution in [0.5, 0.6) is 0 Å². The van der Waals surface area contributed by atoms with Crippen molar-refractivity contribution < 1.29 is 9.47 Å². The highest BCUT2D eigenvalue weighted by molar-refractivity contribution is 5.66. The lowest BCUT2D eigenvalue weighted by molar-refractivity contribution is -0.134. The van der Waals surface area contributed by atoms with Crippen molar-refractivity contribution in [1.29, 1.82) is 5.26 Å². The lowest BCUT2D eigenvalue weighted by atomic mass is 9.96. The van der Waals surface area contributed by atoms with Crippen LogP contribution in [0.1, 0.15) is 57.6 Å². The number of ether oxygens (including phenoxy) is 2. The van der Waals surface area contributed by atoms with Crippen LogP contribution in [-0.2, 0) is 15.9 Å². The van der Waals surface area contributed by atoms with Gasteiger partial charge in [0.2, 0.25) is 0 Å². The Bertz CT molecular complexity index is 819. The first-order valence-corrected chi connectivity index (χ1v) is 10.4. The Labute approximate surface area is 172 Å². The minimum Gasteiger partial charge on any atom is -0.383 e. The maximum absolute atomic E-state index is 9.31. The molecular weight excluding hydrogens is 368 g/mol. The number of nitrogens with zero attached hydrogens (tertiary/aromatic N) is 5. The molecule has 0 unspecified atom stereocenters. The molecule has 0 saturated heterocycles. The number of aromatic nitrogens is 4. The molecule has 1 aliphatic carbocycles.